The van der Waals surface area contributed by atoms with E-state index in [4.69, 9.17) is 4.74 Å². The molecule has 2 amide bonds. The first kappa shape index (κ1) is 20.9. The quantitative estimate of drug-likeness (QED) is 0.779. The summed E-state index contributed by atoms with van der Waals surface area (Å²) in [5, 5.41) is 2.84. The number of benzene rings is 2. The van der Waals surface area contributed by atoms with Crippen molar-refractivity contribution in [3.8, 4) is 0 Å². The second-order valence-corrected chi connectivity index (χ2v) is 7.51. The molecule has 6 nitrogen and oxygen atoms in total. The minimum atomic E-state index is -0.241. The van der Waals surface area contributed by atoms with Gasteiger partial charge in [0.15, 0.2) is 0 Å². The summed E-state index contributed by atoms with van der Waals surface area (Å²) in [5.41, 5.74) is 3.08. The molecule has 1 N–H and O–H groups in total. The second-order valence-electron chi connectivity index (χ2n) is 7.51. The first-order valence-corrected chi connectivity index (χ1v) is 10.1. The van der Waals surface area contributed by atoms with Crippen molar-refractivity contribution in [2.45, 2.75) is 25.9 Å². The van der Waals surface area contributed by atoms with Gasteiger partial charge in [-0.25, -0.2) is 0 Å². The molecule has 0 saturated carbocycles. The van der Waals surface area contributed by atoms with Gasteiger partial charge in [-0.1, -0.05) is 30.3 Å². The molecule has 0 aromatic heterocycles. The summed E-state index contributed by atoms with van der Waals surface area (Å²) in [5.74, 6) is -0.222. The smallest absolute Gasteiger partial charge is 0.256 e. The van der Waals surface area contributed by atoms with Crippen LogP contribution in [-0.4, -0.2) is 50.5 Å². The Hall–Kier alpha value is -2.86. The summed E-state index contributed by atoms with van der Waals surface area (Å²) in [6, 6.07) is 15.2. The van der Waals surface area contributed by atoms with Gasteiger partial charge in [-0.2, -0.15) is 0 Å². The molecule has 1 heterocycles. The lowest BCUT2D eigenvalue weighted by molar-refractivity contribution is -0.121. The summed E-state index contributed by atoms with van der Waals surface area (Å²) < 4.78 is 5.49. The molecule has 0 spiro atoms. The lowest BCUT2D eigenvalue weighted by Crippen LogP contribution is -2.36. The molecule has 2 aromatic rings. The third kappa shape index (κ3) is 5.81. The molecule has 0 atom stereocenters. The normalized spacial score (nSPS) is 13.8. The van der Waals surface area contributed by atoms with E-state index in [1.54, 1.807) is 6.07 Å². The Morgan fingerprint density at radius 1 is 1.03 bits per heavy atom. The van der Waals surface area contributed by atoms with Gasteiger partial charge in [0.05, 0.1) is 12.2 Å². The number of carbonyl (C=O) groups excluding carboxylic acids is 2. The number of rotatable bonds is 7. The highest BCUT2D eigenvalue weighted by Crippen LogP contribution is 2.25. The fraction of sp³-hybridized carbons (Fsp3) is 0.391. The van der Waals surface area contributed by atoms with E-state index in [9.17, 15) is 9.59 Å². The van der Waals surface area contributed by atoms with E-state index >= 15 is 0 Å². The topological polar surface area (TPSA) is 61.9 Å². The van der Waals surface area contributed by atoms with Crippen LogP contribution in [0.2, 0.25) is 0 Å². The summed E-state index contributed by atoms with van der Waals surface area (Å²) >= 11 is 0. The van der Waals surface area contributed by atoms with E-state index in [2.05, 4.69) is 5.32 Å². The van der Waals surface area contributed by atoms with Crippen molar-refractivity contribution in [3.63, 3.8) is 0 Å². The Morgan fingerprint density at radius 2 is 1.76 bits per heavy atom. The zero-order valence-electron chi connectivity index (χ0n) is 17.2. The van der Waals surface area contributed by atoms with Gasteiger partial charge in [-0.05, 0) is 43.0 Å². The van der Waals surface area contributed by atoms with E-state index in [0.29, 0.717) is 17.9 Å². The van der Waals surface area contributed by atoms with Gasteiger partial charge in [-0.3, -0.25) is 9.59 Å². The first-order valence-electron chi connectivity index (χ1n) is 10.1. The number of ether oxygens (including phenoxy) is 1. The van der Waals surface area contributed by atoms with Gasteiger partial charge < -0.3 is 19.9 Å². The third-order valence-electron chi connectivity index (χ3n) is 4.98. The van der Waals surface area contributed by atoms with Crippen LogP contribution in [0, 0.1) is 0 Å². The van der Waals surface area contributed by atoms with Crippen LogP contribution in [-0.2, 0) is 16.1 Å². The molecule has 1 fully saturated rings. The number of piperidine rings is 1. The molecule has 0 radical (unpaired) electrons. The van der Waals surface area contributed by atoms with E-state index in [1.807, 2.05) is 66.4 Å². The third-order valence-corrected chi connectivity index (χ3v) is 4.98. The number of hydrogen-bond acceptors (Lipinski definition) is 4. The van der Waals surface area contributed by atoms with Crippen molar-refractivity contribution in [2.24, 2.45) is 0 Å². The Kier molecular flexibility index (Phi) is 7.25. The second kappa shape index (κ2) is 10.1. The van der Waals surface area contributed by atoms with Gasteiger partial charge in [0, 0.05) is 38.6 Å². The zero-order valence-corrected chi connectivity index (χ0v) is 17.2. The van der Waals surface area contributed by atoms with Gasteiger partial charge >= 0.3 is 0 Å². The molecule has 1 saturated heterocycles. The van der Waals surface area contributed by atoms with Crippen LogP contribution in [0.15, 0.2) is 48.5 Å². The molecule has 2 aromatic carbocycles. The predicted octanol–water partition coefficient (Wildman–Crippen LogP) is 3.53. The lowest BCUT2D eigenvalue weighted by Gasteiger charge is -2.28. The van der Waals surface area contributed by atoms with Crippen molar-refractivity contribution < 1.29 is 14.3 Å². The van der Waals surface area contributed by atoms with Crippen LogP contribution in [0.5, 0.6) is 0 Å². The molecule has 0 unspecified atom stereocenters. The number of anilines is 2. The van der Waals surface area contributed by atoms with Gasteiger partial charge in [-0.15, -0.1) is 0 Å². The summed E-state index contributed by atoms with van der Waals surface area (Å²) in [7, 11) is 3.83. The Bertz CT molecular complexity index is 831. The summed E-state index contributed by atoms with van der Waals surface area (Å²) in [4.78, 5) is 29.1. The van der Waals surface area contributed by atoms with E-state index in [0.717, 1.165) is 37.2 Å². The Morgan fingerprint density at radius 3 is 2.45 bits per heavy atom. The average Bonchev–Trinajstić information content (AvgIpc) is 2.74. The largest absolute Gasteiger partial charge is 0.377 e. The maximum absolute atomic E-state index is 13.1. The fourth-order valence-electron chi connectivity index (χ4n) is 3.48. The first-order chi connectivity index (χ1) is 14.0. The lowest BCUT2D eigenvalue weighted by atomic mass is 10.1. The SMILES string of the molecule is CN(C)c1ccc(NC(=O)COCc2ccccc2)cc1C(=O)N1CCCCC1. The molecule has 29 heavy (non-hydrogen) atoms. The molecular formula is C23H29N3O3. The maximum atomic E-state index is 13.1. The van der Waals surface area contributed by atoms with E-state index < -0.39 is 0 Å². The van der Waals surface area contributed by atoms with Gasteiger partial charge in [0.2, 0.25) is 5.91 Å². The van der Waals surface area contributed by atoms with E-state index in [1.165, 1.54) is 6.42 Å². The van der Waals surface area contributed by atoms with Crippen molar-refractivity contribution in [2.75, 3.05) is 44.0 Å². The number of hydrogen-bond donors (Lipinski definition) is 1. The van der Waals surface area contributed by atoms with Crippen LogP contribution >= 0.6 is 0 Å². The number of carbonyl (C=O) groups is 2. The van der Waals surface area contributed by atoms with Crippen LogP contribution < -0.4 is 10.2 Å². The summed E-state index contributed by atoms with van der Waals surface area (Å²) in [6.45, 7) is 1.91. The van der Waals surface area contributed by atoms with E-state index in [-0.39, 0.29) is 18.4 Å². The molecule has 0 aliphatic carbocycles. The molecule has 0 bridgehead atoms. The Labute approximate surface area is 172 Å². The van der Waals surface area contributed by atoms with Gasteiger partial charge in [0.1, 0.15) is 6.61 Å². The van der Waals surface area contributed by atoms with Gasteiger partial charge in [0.25, 0.3) is 5.91 Å². The van der Waals surface area contributed by atoms with Crippen molar-refractivity contribution >= 4 is 23.2 Å². The Balaban J connectivity index is 1.64. The fourth-order valence-corrected chi connectivity index (χ4v) is 3.48. The van der Waals surface area contributed by atoms with Crippen LogP contribution in [0.25, 0.3) is 0 Å². The molecule has 1 aliphatic heterocycles. The molecule has 6 heteroatoms. The van der Waals surface area contributed by atoms with Crippen molar-refractivity contribution in [3.05, 3.63) is 59.7 Å². The summed E-state index contributed by atoms with van der Waals surface area (Å²) in [6.07, 6.45) is 3.25. The molecule has 1 aliphatic rings. The highest BCUT2D eigenvalue weighted by atomic mass is 16.5. The van der Waals surface area contributed by atoms with Crippen LogP contribution in [0.1, 0.15) is 35.2 Å². The predicted molar refractivity (Wildman–Crippen MR) is 115 cm³/mol. The van der Waals surface area contributed by atoms with Crippen LogP contribution in [0.3, 0.4) is 0 Å². The number of amides is 2. The highest BCUT2D eigenvalue weighted by Gasteiger charge is 2.22. The van der Waals surface area contributed by atoms with Crippen molar-refractivity contribution in [1.29, 1.82) is 0 Å². The number of likely N-dealkylation sites (tertiary alicyclic amines) is 1. The monoisotopic (exact) mass is 395 g/mol. The molecule has 3 rings (SSSR count). The molecule has 154 valence electrons. The maximum Gasteiger partial charge on any atom is 0.256 e. The highest BCUT2D eigenvalue weighted by molar-refractivity contribution is 6.02. The standard InChI is InChI=1S/C23H29N3O3/c1-25(2)21-12-11-19(15-20(21)23(28)26-13-7-4-8-14-26)24-22(27)17-29-16-18-9-5-3-6-10-18/h3,5-6,9-12,15H,4,7-8,13-14,16-17H2,1-2H3,(H,24,27). The minimum absolute atomic E-state index is 0.0184. The average molecular weight is 396 g/mol. The molecular weight excluding hydrogens is 366 g/mol. The number of nitrogens with one attached hydrogen (secondary N) is 1. The minimum Gasteiger partial charge on any atom is -0.377 e. The zero-order chi connectivity index (χ0) is 20.6. The van der Waals surface area contributed by atoms with Crippen LogP contribution in [0.4, 0.5) is 11.4 Å². The number of nitrogens with zero attached hydrogens (tertiary/aromatic N) is 2. The van der Waals surface area contributed by atoms with Crippen molar-refractivity contribution in [1.82, 2.24) is 4.90 Å².